The zero-order chi connectivity index (χ0) is 26.8. The number of hydrogen-bond donors (Lipinski definition) is 0. The Bertz CT molecular complexity index is 1530. The lowest BCUT2D eigenvalue weighted by atomic mass is 10.1. The summed E-state index contributed by atoms with van der Waals surface area (Å²) < 4.78 is 34.9. The summed E-state index contributed by atoms with van der Waals surface area (Å²) in [5.41, 5.74) is 1.31. The van der Waals surface area contributed by atoms with Crippen LogP contribution in [0.4, 0.5) is 14.5 Å². The largest absolute Gasteiger partial charge is 0.449 e. The standard InChI is InChI=1S/C28H23ClF2N4O3/c1-18(36)33-12-14-34(15-13-33)26-17-32-35(22-7-4-20(29)5-8-22)28(37)27(26)38-23-9-2-19(3-10-23)24-11-6-21(30)16-25(24)31/h2-11,16-17H,12-15H2,1H3. The number of benzene rings is 3. The summed E-state index contributed by atoms with van der Waals surface area (Å²) in [7, 11) is 0. The molecule has 0 bridgehead atoms. The van der Waals surface area contributed by atoms with Gasteiger partial charge in [0.15, 0.2) is 0 Å². The average molecular weight is 537 g/mol. The zero-order valence-corrected chi connectivity index (χ0v) is 21.2. The molecule has 0 saturated carbocycles. The fourth-order valence-corrected chi connectivity index (χ4v) is 4.45. The highest BCUT2D eigenvalue weighted by Gasteiger charge is 2.25. The summed E-state index contributed by atoms with van der Waals surface area (Å²) in [6, 6.07) is 16.6. The molecular formula is C28H23ClF2N4O3. The van der Waals surface area contributed by atoms with Crippen molar-refractivity contribution in [2.45, 2.75) is 6.92 Å². The van der Waals surface area contributed by atoms with Crippen molar-refractivity contribution in [3.05, 3.63) is 99.9 Å². The Morgan fingerprint density at radius 1 is 0.947 bits per heavy atom. The molecule has 0 spiro atoms. The van der Waals surface area contributed by atoms with E-state index in [4.69, 9.17) is 16.3 Å². The van der Waals surface area contributed by atoms with Gasteiger partial charge in [0, 0.05) is 49.8 Å². The van der Waals surface area contributed by atoms with Gasteiger partial charge in [-0.2, -0.15) is 9.78 Å². The number of anilines is 1. The van der Waals surface area contributed by atoms with Crippen molar-refractivity contribution in [1.82, 2.24) is 14.7 Å². The molecule has 1 aliphatic rings. The molecule has 0 atom stereocenters. The SMILES string of the molecule is CC(=O)N1CCN(c2cnn(-c3ccc(Cl)cc3)c(=O)c2Oc2ccc(-c3ccc(F)cc3F)cc2)CC1. The smallest absolute Gasteiger partial charge is 0.316 e. The third kappa shape index (κ3) is 5.24. The first-order chi connectivity index (χ1) is 18.3. The maximum Gasteiger partial charge on any atom is 0.316 e. The maximum atomic E-state index is 14.2. The Kier molecular flexibility index (Phi) is 7.11. The highest BCUT2D eigenvalue weighted by molar-refractivity contribution is 6.30. The number of piperazine rings is 1. The van der Waals surface area contributed by atoms with Crippen LogP contribution in [0.15, 0.2) is 77.7 Å². The predicted molar refractivity (Wildman–Crippen MR) is 141 cm³/mol. The second kappa shape index (κ2) is 10.6. The first-order valence-corrected chi connectivity index (χ1v) is 12.3. The van der Waals surface area contributed by atoms with Crippen LogP contribution in [0.2, 0.25) is 5.02 Å². The minimum atomic E-state index is -0.675. The van der Waals surface area contributed by atoms with Crippen LogP contribution in [-0.4, -0.2) is 46.8 Å². The number of rotatable bonds is 5. The van der Waals surface area contributed by atoms with E-state index in [2.05, 4.69) is 5.10 Å². The minimum absolute atomic E-state index is 0.00455. The van der Waals surface area contributed by atoms with Gasteiger partial charge in [-0.25, -0.2) is 8.78 Å². The van der Waals surface area contributed by atoms with Crippen LogP contribution < -0.4 is 15.2 Å². The van der Waals surface area contributed by atoms with Gasteiger partial charge in [0.2, 0.25) is 11.7 Å². The van der Waals surface area contributed by atoms with Gasteiger partial charge < -0.3 is 14.5 Å². The Labute approximate surface area is 222 Å². The molecule has 1 saturated heterocycles. The van der Waals surface area contributed by atoms with Crippen LogP contribution in [0.3, 0.4) is 0 Å². The van der Waals surface area contributed by atoms with Crippen molar-refractivity contribution in [2.75, 3.05) is 31.1 Å². The molecule has 2 heterocycles. The van der Waals surface area contributed by atoms with Crippen LogP contribution in [0, 0.1) is 11.6 Å². The molecule has 0 unspecified atom stereocenters. The molecule has 1 aromatic heterocycles. The van der Waals surface area contributed by atoms with Gasteiger partial charge in [-0.15, -0.1) is 0 Å². The minimum Gasteiger partial charge on any atom is -0.449 e. The summed E-state index contributed by atoms with van der Waals surface area (Å²) in [6.07, 6.45) is 1.57. The molecule has 1 fully saturated rings. The molecule has 0 radical (unpaired) electrons. The van der Waals surface area contributed by atoms with Gasteiger partial charge in [-0.05, 0) is 54.1 Å². The van der Waals surface area contributed by atoms with E-state index >= 15 is 0 Å². The van der Waals surface area contributed by atoms with Crippen molar-refractivity contribution in [3.63, 3.8) is 0 Å². The van der Waals surface area contributed by atoms with Gasteiger partial charge >= 0.3 is 5.56 Å². The van der Waals surface area contributed by atoms with E-state index in [1.807, 2.05) is 4.90 Å². The van der Waals surface area contributed by atoms with E-state index in [0.29, 0.717) is 53.9 Å². The molecular weight excluding hydrogens is 514 g/mol. The van der Waals surface area contributed by atoms with Crippen LogP contribution in [0.5, 0.6) is 11.5 Å². The van der Waals surface area contributed by atoms with Crippen molar-refractivity contribution >= 4 is 23.2 Å². The molecule has 1 amide bonds. The molecule has 3 aromatic carbocycles. The van der Waals surface area contributed by atoms with E-state index in [1.165, 1.54) is 23.7 Å². The Morgan fingerprint density at radius 3 is 2.26 bits per heavy atom. The monoisotopic (exact) mass is 536 g/mol. The lowest BCUT2D eigenvalue weighted by Gasteiger charge is -2.35. The lowest BCUT2D eigenvalue weighted by molar-refractivity contribution is -0.129. The second-order valence-corrected chi connectivity index (χ2v) is 9.23. The molecule has 0 aliphatic carbocycles. The number of aromatic nitrogens is 2. The number of carbonyl (C=O) groups is 1. The number of hydrogen-bond acceptors (Lipinski definition) is 5. The zero-order valence-electron chi connectivity index (χ0n) is 20.4. The number of ether oxygens (including phenoxy) is 1. The topological polar surface area (TPSA) is 67.7 Å². The van der Waals surface area contributed by atoms with Crippen LogP contribution in [-0.2, 0) is 4.79 Å². The Hall–Kier alpha value is -4.24. The van der Waals surface area contributed by atoms with Gasteiger partial charge in [0.25, 0.3) is 0 Å². The number of halogens is 3. The molecule has 194 valence electrons. The fourth-order valence-electron chi connectivity index (χ4n) is 4.32. The molecule has 10 heteroatoms. The van der Waals surface area contributed by atoms with Gasteiger partial charge in [0.1, 0.15) is 23.1 Å². The van der Waals surface area contributed by atoms with E-state index in [0.717, 1.165) is 6.07 Å². The first kappa shape index (κ1) is 25.4. The van der Waals surface area contributed by atoms with Crippen molar-refractivity contribution < 1.29 is 18.3 Å². The van der Waals surface area contributed by atoms with Gasteiger partial charge in [-0.3, -0.25) is 9.59 Å². The number of carbonyl (C=O) groups excluding carboxylic acids is 1. The molecule has 5 rings (SSSR count). The predicted octanol–water partition coefficient (Wildman–Crippen LogP) is 5.29. The average Bonchev–Trinajstić information content (AvgIpc) is 2.91. The van der Waals surface area contributed by atoms with Crippen LogP contribution in [0.1, 0.15) is 6.92 Å². The number of amides is 1. The summed E-state index contributed by atoms with van der Waals surface area (Å²) in [6.45, 7) is 3.55. The fraction of sp³-hybridized carbons (Fsp3) is 0.179. The highest BCUT2D eigenvalue weighted by Crippen LogP contribution is 2.32. The van der Waals surface area contributed by atoms with E-state index in [9.17, 15) is 18.4 Å². The van der Waals surface area contributed by atoms with Crippen molar-refractivity contribution in [2.24, 2.45) is 0 Å². The second-order valence-electron chi connectivity index (χ2n) is 8.80. The van der Waals surface area contributed by atoms with Crippen LogP contribution >= 0.6 is 11.6 Å². The van der Waals surface area contributed by atoms with Crippen molar-refractivity contribution in [3.8, 4) is 28.3 Å². The molecule has 4 aromatic rings. The third-order valence-corrected chi connectivity index (χ3v) is 6.62. The summed E-state index contributed by atoms with van der Waals surface area (Å²) >= 11 is 6.00. The molecule has 0 N–H and O–H groups in total. The normalized spacial score (nSPS) is 13.5. The maximum absolute atomic E-state index is 14.2. The molecule has 1 aliphatic heterocycles. The summed E-state index contributed by atoms with van der Waals surface area (Å²) in [4.78, 5) is 29.1. The summed E-state index contributed by atoms with van der Waals surface area (Å²) in [5.74, 6) is -0.920. The highest BCUT2D eigenvalue weighted by atomic mass is 35.5. The molecule has 7 nitrogen and oxygen atoms in total. The van der Waals surface area contributed by atoms with Crippen molar-refractivity contribution in [1.29, 1.82) is 0 Å². The lowest BCUT2D eigenvalue weighted by Crippen LogP contribution is -2.48. The van der Waals surface area contributed by atoms with Crippen LogP contribution in [0.25, 0.3) is 16.8 Å². The first-order valence-electron chi connectivity index (χ1n) is 11.9. The third-order valence-electron chi connectivity index (χ3n) is 6.37. The van der Waals surface area contributed by atoms with E-state index < -0.39 is 17.2 Å². The molecule has 38 heavy (non-hydrogen) atoms. The Balaban J connectivity index is 1.50. The van der Waals surface area contributed by atoms with E-state index in [1.54, 1.807) is 59.6 Å². The number of nitrogens with zero attached hydrogens (tertiary/aromatic N) is 4. The van der Waals surface area contributed by atoms with E-state index in [-0.39, 0.29) is 17.2 Å². The van der Waals surface area contributed by atoms with Gasteiger partial charge in [0.05, 0.1) is 11.9 Å². The summed E-state index contributed by atoms with van der Waals surface area (Å²) in [5, 5.41) is 4.89. The Morgan fingerprint density at radius 2 is 1.63 bits per heavy atom. The quantitative estimate of drug-likeness (QED) is 0.347. The van der Waals surface area contributed by atoms with Gasteiger partial charge in [-0.1, -0.05) is 23.7 Å².